The molecule has 0 aromatic carbocycles. The normalized spacial score (nSPS) is 25.9. The summed E-state index contributed by atoms with van der Waals surface area (Å²) in [5.74, 6) is 2.56. The van der Waals surface area contributed by atoms with Gasteiger partial charge in [0, 0.05) is 30.5 Å². The SMILES string of the molecule is CC[C@@H]1CN(C(=O)C2CC2)CC[C@@H]1N[C@H](C)c1nc(C(C)(C)C)no1. The molecule has 2 fully saturated rings. The van der Waals surface area contributed by atoms with Gasteiger partial charge in [0.1, 0.15) is 0 Å². The lowest BCUT2D eigenvalue weighted by Gasteiger charge is -2.39. The van der Waals surface area contributed by atoms with Crippen LogP contribution in [0.15, 0.2) is 4.52 Å². The maximum Gasteiger partial charge on any atom is 0.243 e. The van der Waals surface area contributed by atoms with E-state index in [4.69, 9.17) is 4.52 Å². The molecule has 1 aromatic heterocycles. The molecule has 6 heteroatoms. The molecular weight excluding hydrogens is 316 g/mol. The van der Waals surface area contributed by atoms with E-state index in [1.807, 2.05) is 0 Å². The third kappa shape index (κ3) is 4.22. The second kappa shape index (κ2) is 7.06. The van der Waals surface area contributed by atoms with E-state index in [0.29, 0.717) is 29.7 Å². The van der Waals surface area contributed by atoms with Crippen LogP contribution in [0.2, 0.25) is 0 Å². The van der Waals surface area contributed by atoms with Crippen LogP contribution < -0.4 is 5.32 Å². The van der Waals surface area contributed by atoms with Crippen LogP contribution in [0.5, 0.6) is 0 Å². The monoisotopic (exact) mass is 348 g/mol. The largest absolute Gasteiger partial charge is 0.342 e. The van der Waals surface area contributed by atoms with Crippen molar-refractivity contribution in [2.75, 3.05) is 13.1 Å². The number of nitrogens with one attached hydrogen (secondary N) is 1. The minimum Gasteiger partial charge on any atom is -0.342 e. The molecule has 0 unspecified atom stereocenters. The highest BCUT2D eigenvalue weighted by atomic mass is 16.5. The number of amides is 1. The zero-order chi connectivity index (χ0) is 18.2. The van der Waals surface area contributed by atoms with Crippen LogP contribution in [0.4, 0.5) is 0 Å². The Bertz CT molecular complexity index is 603. The van der Waals surface area contributed by atoms with E-state index in [-0.39, 0.29) is 11.5 Å². The summed E-state index contributed by atoms with van der Waals surface area (Å²) in [6, 6.07) is 0.404. The maximum absolute atomic E-state index is 12.3. The highest BCUT2D eigenvalue weighted by molar-refractivity contribution is 5.81. The highest BCUT2D eigenvalue weighted by Crippen LogP contribution is 2.33. The van der Waals surface area contributed by atoms with Gasteiger partial charge in [-0.2, -0.15) is 4.98 Å². The van der Waals surface area contributed by atoms with Gasteiger partial charge in [0.25, 0.3) is 0 Å². The molecule has 2 aliphatic rings. The molecule has 3 atom stereocenters. The molecule has 6 nitrogen and oxygen atoms in total. The van der Waals surface area contributed by atoms with Gasteiger partial charge in [-0.3, -0.25) is 4.79 Å². The number of carbonyl (C=O) groups is 1. The first-order chi connectivity index (χ1) is 11.8. The molecule has 3 rings (SSSR count). The lowest BCUT2D eigenvalue weighted by Crippen LogP contribution is -2.51. The van der Waals surface area contributed by atoms with E-state index in [0.717, 1.165) is 44.6 Å². The summed E-state index contributed by atoms with van der Waals surface area (Å²) in [5.41, 5.74) is -0.109. The van der Waals surface area contributed by atoms with E-state index in [1.165, 1.54) is 0 Å². The van der Waals surface area contributed by atoms with Crippen molar-refractivity contribution in [3.63, 3.8) is 0 Å². The van der Waals surface area contributed by atoms with Gasteiger partial charge >= 0.3 is 0 Å². The summed E-state index contributed by atoms with van der Waals surface area (Å²) in [6.45, 7) is 12.3. The fourth-order valence-corrected chi connectivity index (χ4v) is 3.56. The molecule has 1 amide bonds. The van der Waals surface area contributed by atoms with Gasteiger partial charge in [-0.25, -0.2) is 0 Å². The second-order valence-corrected chi connectivity index (χ2v) is 8.72. The number of piperidine rings is 1. The molecule has 0 spiro atoms. The lowest BCUT2D eigenvalue weighted by atomic mass is 9.89. The van der Waals surface area contributed by atoms with Gasteiger partial charge < -0.3 is 14.7 Å². The molecule has 140 valence electrons. The van der Waals surface area contributed by atoms with Crippen LogP contribution in [0, 0.1) is 11.8 Å². The predicted molar refractivity (Wildman–Crippen MR) is 96.0 cm³/mol. The Kier molecular flexibility index (Phi) is 5.19. The standard InChI is InChI=1S/C19H32N4O2/c1-6-13-11-23(17(24)14-7-8-14)10-9-15(13)20-12(2)16-21-18(22-25-16)19(3,4)5/h12-15,20H,6-11H2,1-5H3/t12-,13-,15+/m1/s1. The van der Waals surface area contributed by atoms with Crippen molar-refractivity contribution in [3.05, 3.63) is 11.7 Å². The van der Waals surface area contributed by atoms with Crippen molar-refractivity contribution >= 4 is 5.91 Å². The van der Waals surface area contributed by atoms with Gasteiger partial charge in [-0.1, -0.05) is 39.3 Å². The topological polar surface area (TPSA) is 71.3 Å². The van der Waals surface area contributed by atoms with E-state index < -0.39 is 0 Å². The average Bonchev–Trinajstić information content (AvgIpc) is 3.28. The average molecular weight is 348 g/mol. The third-order valence-corrected chi connectivity index (χ3v) is 5.44. The quantitative estimate of drug-likeness (QED) is 0.885. The number of hydrogen-bond donors (Lipinski definition) is 1. The molecule has 2 heterocycles. The van der Waals surface area contributed by atoms with Crippen LogP contribution in [0.25, 0.3) is 0 Å². The van der Waals surface area contributed by atoms with E-state index in [9.17, 15) is 4.79 Å². The van der Waals surface area contributed by atoms with Crippen LogP contribution in [-0.4, -0.2) is 40.1 Å². The molecule has 0 bridgehead atoms. The van der Waals surface area contributed by atoms with Crippen LogP contribution >= 0.6 is 0 Å². The van der Waals surface area contributed by atoms with Crippen LogP contribution in [0.1, 0.15) is 78.1 Å². The Labute approximate surface area is 150 Å². The minimum absolute atomic E-state index is 0.0216. The van der Waals surface area contributed by atoms with Gasteiger partial charge in [0.15, 0.2) is 5.82 Å². The molecule has 1 saturated carbocycles. The summed E-state index contributed by atoms with van der Waals surface area (Å²) in [7, 11) is 0. The Morgan fingerprint density at radius 2 is 2.08 bits per heavy atom. The van der Waals surface area contributed by atoms with Gasteiger partial charge in [0.2, 0.25) is 11.8 Å². The van der Waals surface area contributed by atoms with Crippen LogP contribution in [-0.2, 0) is 10.2 Å². The summed E-state index contributed by atoms with van der Waals surface area (Å²) in [4.78, 5) is 19.0. The first-order valence-corrected chi connectivity index (χ1v) is 9.68. The Hall–Kier alpha value is -1.43. The van der Waals surface area contributed by atoms with Gasteiger partial charge in [-0.15, -0.1) is 0 Å². The number of nitrogens with zero attached hydrogens (tertiary/aromatic N) is 3. The molecule has 1 aromatic rings. The van der Waals surface area contributed by atoms with Gasteiger partial charge in [0.05, 0.1) is 6.04 Å². The minimum atomic E-state index is -0.109. The van der Waals surface area contributed by atoms with Gasteiger partial charge in [-0.05, 0) is 32.1 Å². The van der Waals surface area contributed by atoms with Crippen molar-refractivity contribution in [2.45, 2.75) is 77.8 Å². The number of rotatable bonds is 5. The van der Waals surface area contributed by atoms with Crippen molar-refractivity contribution in [2.24, 2.45) is 11.8 Å². The summed E-state index contributed by atoms with van der Waals surface area (Å²) in [6.07, 6.45) is 4.22. The summed E-state index contributed by atoms with van der Waals surface area (Å²) >= 11 is 0. The van der Waals surface area contributed by atoms with E-state index in [2.05, 4.69) is 55.0 Å². The predicted octanol–water partition coefficient (Wildman–Crippen LogP) is 3.05. The lowest BCUT2D eigenvalue weighted by molar-refractivity contribution is -0.134. The Morgan fingerprint density at radius 1 is 1.36 bits per heavy atom. The number of hydrogen-bond acceptors (Lipinski definition) is 5. The molecular formula is C19H32N4O2. The van der Waals surface area contributed by atoms with E-state index in [1.54, 1.807) is 0 Å². The molecule has 1 aliphatic carbocycles. The molecule has 0 radical (unpaired) electrons. The molecule has 1 N–H and O–H groups in total. The molecule has 1 saturated heterocycles. The Balaban J connectivity index is 1.59. The second-order valence-electron chi connectivity index (χ2n) is 8.72. The number of carbonyl (C=O) groups excluding carboxylic acids is 1. The van der Waals surface area contributed by atoms with Crippen LogP contribution in [0.3, 0.4) is 0 Å². The van der Waals surface area contributed by atoms with Crippen molar-refractivity contribution in [1.82, 2.24) is 20.4 Å². The fraction of sp³-hybridized carbons (Fsp3) is 0.842. The van der Waals surface area contributed by atoms with Crippen molar-refractivity contribution < 1.29 is 9.32 Å². The summed E-state index contributed by atoms with van der Waals surface area (Å²) < 4.78 is 5.47. The number of aromatic nitrogens is 2. The third-order valence-electron chi connectivity index (χ3n) is 5.44. The van der Waals surface area contributed by atoms with Crippen molar-refractivity contribution in [3.8, 4) is 0 Å². The Morgan fingerprint density at radius 3 is 2.64 bits per heavy atom. The summed E-state index contributed by atoms with van der Waals surface area (Å²) in [5, 5.41) is 7.79. The number of likely N-dealkylation sites (tertiary alicyclic amines) is 1. The first kappa shape index (κ1) is 18.4. The fourth-order valence-electron chi connectivity index (χ4n) is 3.56. The molecule has 1 aliphatic heterocycles. The first-order valence-electron chi connectivity index (χ1n) is 9.68. The zero-order valence-electron chi connectivity index (χ0n) is 16.2. The zero-order valence-corrected chi connectivity index (χ0v) is 16.2. The van der Waals surface area contributed by atoms with E-state index >= 15 is 0 Å². The van der Waals surface area contributed by atoms with Crippen molar-refractivity contribution in [1.29, 1.82) is 0 Å². The maximum atomic E-state index is 12.3. The smallest absolute Gasteiger partial charge is 0.243 e. The highest BCUT2D eigenvalue weighted by Gasteiger charge is 2.38. The molecule has 25 heavy (non-hydrogen) atoms.